The Kier molecular flexibility index (Phi) is 4.66. The Balaban J connectivity index is 2.11. The SMILES string of the molecule is NCC(C(=O)O)c1ccc(C2CCSCC2)cc1. The molecule has 0 saturated carbocycles. The first-order valence-electron chi connectivity index (χ1n) is 6.33. The highest BCUT2D eigenvalue weighted by molar-refractivity contribution is 7.99. The Hall–Kier alpha value is -1.00. The molecule has 1 aromatic carbocycles. The number of carboxylic acid groups (broad SMARTS) is 1. The third-order valence-corrected chi connectivity index (χ3v) is 4.61. The van der Waals surface area contributed by atoms with E-state index in [1.165, 1.54) is 29.9 Å². The number of benzene rings is 1. The van der Waals surface area contributed by atoms with Crippen molar-refractivity contribution in [1.29, 1.82) is 0 Å². The van der Waals surface area contributed by atoms with Crippen molar-refractivity contribution >= 4 is 17.7 Å². The zero-order valence-electron chi connectivity index (χ0n) is 10.3. The molecule has 18 heavy (non-hydrogen) atoms. The van der Waals surface area contributed by atoms with Gasteiger partial charge in [-0.15, -0.1) is 0 Å². The highest BCUT2D eigenvalue weighted by atomic mass is 32.2. The normalized spacial score (nSPS) is 18.5. The molecule has 98 valence electrons. The van der Waals surface area contributed by atoms with Gasteiger partial charge in [0.2, 0.25) is 0 Å². The van der Waals surface area contributed by atoms with Crippen molar-refractivity contribution < 1.29 is 9.90 Å². The smallest absolute Gasteiger partial charge is 0.312 e. The molecule has 0 aromatic heterocycles. The second kappa shape index (κ2) is 6.25. The zero-order chi connectivity index (χ0) is 13.0. The summed E-state index contributed by atoms with van der Waals surface area (Å²) in [5.74, 6) is 1.67. The first-order chi connectivity index (χ1) is 8.72. The number of hydrogen-bond donors (Lipinski definition) is 2. The molecule has 0 amide bonds. The predicted molar refractivity (Wildman–Crippen MR) is 75.2 cm³/mol. The molecule has 1 atom stereocenters. The molecule has 3 N–H and O–H groups in total. The van der Waals surface area contributed by atoms with Crippen LogP contribution in [0.2, 0.25) is 0 Å². The lowest BCUT2D eigenvalue weighted by atomic mass is 9.90. The van der Waals surface area contributed by atoms with Crippen LogP contribution in [0.3, 0.4) is 0 Å². The average molecular weight is 265 g/mol. The van der Waals surface area contributed by atoms with Gasteiger partial charge in [-0.25, -0.2) is 0 Å². The molecule has 2 rings (SSSR count). The van der Waals surface area contributed by atoms with Gasteiger partial charge in [0.25, 0.3) is 0 Å². The fourth-order valence-electron chi connectivity index (χ4n) is 2.41. The zero-order valence-corrected chi connectivity index (χ0v) is 11.2. The van der Waals surface area contributed by atoms with E-state index in [-0.39, 0.29) is 6.54 Å². The summed E-state index contributed by atoms with van der Waals surface area (Å²) in [4.78, 5) is 11.0. The van der Waals surface area contributed by atoms with Crippen molar-refractivity contribution in [3.05, 3.63) is 35.4 Å². The van der Waals surface area contributed by atoms with E-state index in [9.17, 15) is 4.79 Å². The van der Waals surface area contributed by atoms with Crippen molar-refractivity contribution in [2.24, 2.45) is 5.73 Å². The van der Waals surface area contributed by atoms with Crippen molar-refractivity contribution in [2.45, 2.75) is 24.7 Å². The monoisotopic (exact) mass is 265 g/mol. The van der Waals surface area contributed by atoms with E-state index < -0.39 is 11.9 Å². The minimum Gasteiger partial charge on any atom is -0.481 e. The molecule has 1 fully saturated rings. The van der Waals surface area contributed by atoms with Crippen LogP contribution in [-0.2, 0) is 4.79 Å². The van der Waals surface area contributed by atoms with Crippen molar-refractivity contribution in [3.63, 3.8) is 0 Å². The summed E-state index contributed by atoms with van der Waals surface area (Å²) in [6.07, 6.45) is 2.45. The third-order valence-electron chi connectivity index (χ3n) is 3.57. The molecule has 1 unspecified atom stereocenters. The summed E-state index contributed by atoms with van der Waals surface area (Å²) in [6.45, 7) is 0.148. The molecule has 1 aliphatic heterocycles. The van der Waals surface area contributed by atoms with E-state index >= 15 is 0 Å². The lowest BCUT2D eigenvalue weighted by Crippen LogP contribution is -2.21. The highest BCUT2D eigenvalue weighted by Crippen LogP contribution is 2.32. The maximum atomic E-state index is 11.0. The molecular formula is C14H19NO2S. The van der Waals surface area contributed by atoms with Crippen LogP contribution < -0.4 is 5.73 Å². The van der Waals surface area contributed by atoms with E-state index in [1.54, 1.807) is 0 Å². The summed E-state index contributed by atoms with van der Waals surface area (Å²) in [5, 5.41) is 9.06. The van der Waals surface area contributed by atoms with Crippen molar-refractivity contribution in [2.75, 3.05) is 18.1 Å². The number of carbonyl (C=O) groups is 1. The Morgan fingerprint density at radius 3 is 2.44 bits per heavy atom. The van der Waals surface area contributed by atoms with Gasteiger partial charge in [-0.05, 0) is 41.4 Å². The summed E-state index contributed by atoms with van der Waals surface area (Å²) in [6, 6.07) is 7.98. The number of rotatable bonds is 4. The molecule has 0 radical (unpaired) electrons. The summed E-state index contributed by atoms with van der Waals surface area (Å²) < 4.78 is 0. The molecule has 0 spiro atoms. The van der Waals surface area contributed by atoms with Crippen LogP contribution in [0.25, 0.3) is 0 Å². The highest BCUT2D eigenvalue weighted by Gasteiger charge is 2.19. The third kappa shape index (κ3) is 3.06. The Labute approximate surface area is 112 Å². The molecule has 1 saturated heterocycles. The summed E-state index contributed by atoms with van der Waals surface area (Å²) in [5.41, 5.74) is 7.64. The molecule has 0 bridgehead atoms. The van der Waals surface area contributed by atoms with Crippen molar-refractivity contribution in [3.8, 4) is 0 Å². The van der Waals surface area contributed by atoms with Gasteiger partial charge in [-0.1, -0.05) is 24.3 Å². The largest absolute Gasteiger partial charge is 0.481 e. The van der Waals surface area contributed by atoms with Gasteiger partial charge >= 0.3 is 5.97 Å². The number of aliphatic carboxylic acids is 1. The van der Waals surface area contributed by atoms with Gasteiger partial charge in [0.15, 0.2) is 0 Å². The number of nitrogens with two attached hydrogens (primary N) is 1. The van der Waals surface area contributed by atoms with Gasteiger partial charge in [-0.3, -0.25) is 4.79 Å². The van der Waals surface area contributed by atoms with E-state index in [4.69, 9.17) is 10.8 Å². The van der Waals surface area contributed by atoms with Crippen LogP contribution in [0, 0.1) is 0 Å². The standard InChI is InChI=1S/C14H19NO2S/c15-9-13(14(16)17)12-3-1-10(2-4-12)11-5-7-18-8-6-11/h1-4,11,13H,5-9,15H2,(H,16,17). The van der Waals surface area contributed by atoms with Gasteiger partial charge in [0, 0.05) is 6.54 Å². The van der Waals surface area contributed by atoms with Crippen LogP contribution >= 0.6 is 11.8 Å². The quantitative estimate of drug-likeness (QED) is 0.877. The molecule has 4 heteroatoms. The first kappa shape index (κ1) is 13.4. The van der Waals surface area contributed by atoms with Gasteiger partial charge < -0.3 is 10.8 Å². The van der Waals surface area contributed by atoms with Crippen LogP contribution in [0.5, 0.6) is 0 Å². The molecule has 1 aliphatic rings. The van der Waals surface area contributed by atoms with Gasteiger partial charge in [0.1, 0.15) is 0 Å². The number of thioether (sulfide) groups is 1. The maximum Gasteiger partial charge on any atom is 0.312 e. The van der Waals surface area contributed by atoms with Crippen LogP contribution in [0.4, 0.5) is 0 Å². The summed E-state index contributed by atoms with van der Waals surface area (Å²) in [7, 11) is 0. The van der Waals surface area contributed by atoms with Crippen LogP contribution in [-0.4, -0.2) is 29.1 Å². The molecule has 1 aromatic rings. The van der Waals surface area contributed by atoms with E-state index in [0.29, 0.717) is 5.92 Å². The van der Waals surface area contributed by atoms with Gasteiger partial charge in [0.05, 0.1) is 5.92 Å². The number of hydrogen-bond acceptors (Lipinski definition) is 3. The van der Waals surface area contributed by atoms with Crippen LogP contribution in [0.1, 0.15) is 35.8 Å². The molecule has 0 aliphatic carbocycles. The molecule has 1 heterocycles. The average Bonchev–Trinajstić information content (AvgIpc) is 2.41. The van der Waals surface area contributed by atoms with E-state index in [1.807, 2.05) is 23.9 Å². The van der Waals surface area contributed by atoms with Crippen molar-refractivity contribution in [1.82, 2.24) is 0 Å². The Morgan fingerprint density at radius 2 is 1.94 bits per heavy atom. The topological polar surface area (TPSA) is 63.3 Å². The number of carboxylic acids is 1. The van der Waals surface area contributed by atoms with Gasteiger partial charge in [-0.2, -0.15) is 11.8 Å². The second-order valence-electron chi connectivity index (χ2n) is 4.68. The first-order valence-corrected chi connectivity index (χ1v) is 7.48. The Morgan fingerprint density at radius 1 is 1.33 bits per heavy atom. The minimum atomic E-state index is -0.848. The van der Waals surface area contributed by atoms with Crippen LogP contribution in [0.15, 0.2) is 24.3 Å². The second-order valence-corrected chi connectivity index (χ2v) is 5.90. The molecular weight excluding hydrogens is 246 g/mol. The van der Waals surface area contributed by atoms with E-state index in [2.05, 4.69) is 12.1 Å². The lowest BCUT2D eigenvalue weighted by Gasteiger charge is -2.22. The minimum absolute atomic E-state index is 0.148. The maximum absolute atomic E-state index is 11.0. The Bertz CT molecular complexity index is 399. The summed E-state index contributed by atoms with van der Waals surface area (Å²) >= 11 is 2.01. The van der Waals surface area contributed by atoms with E-state index in [0.717, 1.165) is 5.56 Å². The fraction of sp³-hybridized carbons (Fsp3) is 0.500. The fourth-order valence-corrected chi connectivity index (χ4v) is 3.52. The lowest BCUT2D eigenvalue weighted by molar-refractivity contribution is -0.138. The molecule has 3 nitrogen and oxygen atoms in total. The predicted octanol–water partition coefficient (Wildman–Crippen LogP) is 2.42.